The molecule has 0 N–H and O–H groups in total. The molecule has 0 aliphatic carbocycles. The van der Waals surface area contributed by atoms with Crippen LogP contribution in [0.1, 0.15) is 5.56 Å². The van der Waals surface area contributed by atoms with Gasteiger partial charge in [-0.1, -0.05) is 47.6 Å². The number of fused-ring (bicyclic) bond motifs is 3. The molecule has 0 saturated heterocycles. The second-order valence-corrected chi connectivity index (χ2v) is 6.39. The van der Waals surface area contributed by atoms with E-state index in [4.69, 9.17) is 11.6 Å². The van der Waals surface area contributed by atoms with E-state index in [9.17, 15) is 4.79 Å². The monoisotopic (exact) mass is 314 g/mol. The summed E-state index contributed by atoms with van der Waals surface area (Å²) in [5, 5.41) is 0.690. The lowest BCUT2D eigenvalue weighted by atomic mass is 10.1. The minimum absolute atomic E-state index is 0.0365. The number of carbonyl (C=O) groups is 1. The molecule has 5 heteroatoms. The summed E-state index contributed by atoms with van der Waals surface area (Å²) in [6.07, 6.45) is 2.92. The molecule has 0 bridgehead atoms. The summed E-state index contributed by atoms with van der Waals surface area (Å²) in [5.74, 6) is 0. The Balaban J connectivity index is 1.79. The highest BCUT2D eigenvalue weighted by atomic mass is 35.5. The molecule has 21 heavy (non-hydrogen) atoms. The summed E-state index contributed by atoms with van der Waals surface area (Å²) in [6.45, 7) is 0. The van der Waals surface area contributed by atoms with Crippen LogP contribution >= 0.6 is 23.4 Å². The molecule has 3 nitrogen and oxygen atoms in total. The average molecular weight is 315 g/mol. The number of amides is 1. The van der Waals surface area contributed by atoms with Crippen molar-refractivity contribution in [3.05, 3.63) is 65.3 Å². The number of para-hydroxylation sites is 1. The minimum atomic E-state index is -0.0365. The lowest BCUT2D eigenvalue weighted by Gasteiger charge is -2.23. The molecule has 0 aromatic heterocycles. The van der Waals surface area contributed by atoms with Gasteiger partial charge in [0, 0.05) is 16.1 Å². The molecule has 1 unspecified atom stereocenters. The van der Waals surface area contributed by atoms with Crippen LogP contribution in [0.25, 0.3) is 5.70 Å². The molecular weight excluding hydrogens is 304 g/mol. The number of hydrogen-bond donors (Lipinski definition) is 0. The first-order chi connectivity index (χ1) is 10.3. The number of hydrogen-bond acceptors (Lipinski definition) is 3. The number of halogens is 1. The van der Waals surface area contributed by atoms with Gasteiger partial charge in [0.1, 0.15) is 0 Å². The van der Waals surface area contributed by atoms with Gasteiger partial charge in [0.05, 0.1) is 11.4 Å². The molecule has 1 atom stereocenters. The highest BCUT2D eigenvalue weighted by Gasteiger charge is 2.39. The summed E-state index contributed by atoms with van der Waals surface area (Å²) in [4.78, 5) is 16.7. The SMILES string of the molecule is O=CN1C(c2ccc(Cl)cc2)=CN2c3ccccc3SC12. The molecule has 1 amide bonds. The third-order valence-electron chi connectivity index (χ3n) is 3.64. The van der Waals surface area contributed by atoms with Crippen LogP contribution in [0.4, 0.5) is 5.69 Å². The van der Waals surface area contributed by atoms with Crippen LogP contribution in [-0.4, -0.2) is 16.8 Å². The predicted molar refractivity (Wildman–Crippen MR) is 85.9 cm³/mol. The van der Waals surface area contributed by atoms with Gasteiger partial charge in [0.15, 0.2) is 5.50 Å². The van der Waals surface area contributed by atoms with Crippen LogP contribution in [-0.2, 0) is 4.79 Å². The second-order valence-electron chi connectivity index (χ2n) is 4.85. The van der Waals surface area contributed by atoms with E-state index in [1.165, 1.54) is 4.90 Å². The lowest BCUT2D eigenvalue weighted by Crippen LogP contribution is -2.32. The first-order valence-corrected chi connectivity index (χ1v) is 7.79. The molecule has 0 radical (unpaired) electrons. The van der Waals surface area contributed by atoms with E-state index in [0.717, 1.165) is 23.4 Å². The lowest BCUT2D eigenvalue weighted by molar-refractivity contribution is -0.115. The van der Waals surface area contributed by atoms with Crippen molar-refractivity contribution in [2.45, 2.75) is 10.4 Å². The molecule has 2 aromatic carbocycles. The third kappa shape index (κ3) is 1.94. The fourth-order valence-corrected chi connectivity index (χ4v) is 4.02. The van der Waals surface area contributed by atoms with Gasteiger partial charge >= 0.3 is 0 Å². The highest BCUT2D eigenvalue weighted by molar-refractivity contribution is 8.00. The van der Waals surface area contributed by atoms with Crippen molar-refractivity contribution in [1.82, 2.24) is 4.90 Å². The number of rotatable bonds is 2. The van der Waals surface area contributed by atoms with Crippen LogP contribution in [0.3, 0.4) is 0 Å². The molecule has 0 saturated carbocycles. The van der Waals surface area contributed by atoms with E-state index in [-0.39, 0.29) is 5.50 Å². The van der Waals surface area contributed by atoms with Gasteiger partial charge in [-0.3, -0.25) is 9.69 Å². The number of benzene rings is 2. The van der Waals surface area contributed by atoms with Crippen LogP contribution in [0.5, 0.6) is 0 Å². The smallest absolute Gasteiger partial charge is 0.216 e. The van der Waals surface area contributed by atoms with E-state index >= 15 is 0 Å². The van der Waals surface area contributed by atoms with E-state index in [2.05, 4.69) is 17.0 Å². The maximum absolute atomic E-state index is 11.6. The summed E-state index contributed by atoms with van der Waals surface area (Å²) < 4.78 is 0. The van der Waals surface area contributed by atoms with Gasteiger partial charge in [0.25, 0.3) is 0 Å². The van der Waals surface area contributed by atoms with E-state index in [0.29, 0.717) is 5.02 Å². The number of carbonyl (C=O) groups excluding carboxylic acids is 1. The molecule has 2 aromatic rings. The van der Waals surface area contributed by atoms with E-state index in [1.54, 1.807) is 16.7 Å². The first kappa shape index (κ1) is 12.8. The second kappa shape index (κ2) is 4.83. The molecule has 2 aliphatic rings. The summed E-state index contributed by atoms with van der Waals surface area (Å²) in [5.41, 5.74) is 2.99. The Morgan fingerprint density at radius 1 is 1.10 bits per heavy atom. The summed E-state index contributed by atoms with van der Waals surface area (Å²) in [7, 11) is 0. The standard InChI is InChI=1S/C16H11ClN2OS/c17-12-7-5-11(6-8-12)14-9-18-13-3-1-2-4-15(13)21-16(18)19(14)10-20/h1-10,16H. The van der Waals surface area contributed by atoms with E-state index in [1.807, 2.05) is 42.6 Å². The molecular formula is C16H11ClN2OS. The minimum Gasteiger partial charge on any atom is -0.314 e. The average Bonchev–Trinajstić information content (AvgIpc) is 3.03. The topological polar surface area (TPSA) is 23.6 Å². The first-order valence-electron chi connectivity index (χ1n) is 6.53. The Morgan fingerprint density at radius 2 is 1.86 bits per heavy atom. The van der Waals surface area contributed by atoms with Crippen molar-refractivity contribution in [3.63, 3.8) is 0 Å². The molecule has 0 spiro atoms. The van der Waals surface area contributed by atoms with Gasteiger partial charge in [-0.2, -0.15) is 0 Å². The summed E-state index contributed by atoms with van der Waals surface area (Å²) in [6, 6.07) is 15.7. The number of anilines is 1. The van der Waals surface area contributed by atoms with Crippen molar-refractivity contribution in [2.75, 3.05) is 4.90 Å². The van der Waals surface area contributed by atoms with Crippen molar-refractivity contribution < 1.29 is 4.79 Å². The molecule has 2 heterocycles. The Labute approximate surface area is 131 Å². The zero-order valence-corrected chi connectivity index (χ0v) is 12.5. The number of thioether (sulfide) groups is 1. The summed E-state index contributed by atoms with van der Waals surface area (Å²) >= 11 is 7.62. The highest BCUT2D eigenvalue weighted by Crippen LogP contribution is 2.49. The largest absolute Gasteiger partial charge is 0.314 e. The fraction of sp³-hybridized carbons (Fsp3) is 0.0625. The maximum Gasteiger partial charge on any atom is 0.216 e. The Hall–Kier alpha value is -1.91. The van der Waals surface area contributed by atoms with Gasteiger partial charge in [-0.25, -0.2) is 0 Å². The van der Waals surface area contributed by atoms with Crippen molar-refractivity contribution >= 4 is 41.2 Å². The molecule has 2 aliphatic heterocycles. The zero-order valence-electron chi connectivity index (χ0n) is 10.9. The maximum atomic E-state index is 11.6. The quantitative estimate of drug-likeness (QED) is 0.783. The molecule has 4 rings (SSSR count). The third-order valence-corrected chi connectivity index (χ3v) is 5.16. The normalized spacial score (nSPS) is 19.3. The van der Waals surface area contributed by atoms with Crippen LogP contribution < -0.4 is 4.90 Å². The van der Waals surface area contributed by atoms with Crippen molar-refractivity contribution in [1.29, 1.82) is 0 Å². The Morgan fingerprint density at radius 3 is 2.62 bits per heavy atom. The Kier molecular flexibility index (Phi) is 2.94. The van der Waals surface area contributed by atoms with Crippen molar-refractivity contribution in [2.24, 2.45) is 0 Å². The number of nitrogens with zero attached hydrogens (tertiary/aromatic N) is 2. The van der Waals surface area contributed by atoms with Crippen molar-refractivity contribution in [3.8, 4) is 0 Å². The van der Waals surface area contributed by atoms with Crippen LogP contribution in [0.15, 0.2) is 59.6 Å². The van der Waals surface area contributed by atoms with E-state index < -0.39 is 0 Å². The van der Waals surface area contributed by atoms with Gasteiger partial charge in [-0.15, -0.1) is 0 Å². The van der Waals surface area contributed by atoms with Crippen LogP contribution in [0, 0.1) is 0 Å². The fourth-order valence-electron chi connectivity index (χ4n) is 2.65. The van der Waals surface area contributed by atoms with Gasteiger partial charge in [-0.05, 0) is 29.8 Å². The molecule has 0 fully saturated rings. The molecule has 104 valence electrons. The zero-order chi connectivity index (χ0) is 14.4. The van der Waals surface area contributed by atoms with Crippen LogP contribution in [0.2, 0.25) is 5.02 Å². The van der Waals surface area contributed by atoms with Gasteiger partial charge in [0.2, 0.25) is 6.41 Å². The van der Waals surface area contributed by atoms with Gasteiger partial charge < -0.3 is 4.90 Å². The Bertz CT molecular complexity index is 744. The predicted octanol–water partition coefficient (Wildman–Crippen LogP) is 4.01.